The highest BCUT2D eigenvalue weighted by molar-refractivity contribution is 7.15. The van der Waals surface area contributed by atoms with E-state index in [0.29, 0.717) is 10.6 Å². The standard InChI is InChI=1S/C21H27N3O3S.C2H2O4/c1-4-27-21(26)18-17(16-8-6-5-7-9-16)14-28-20(18)22-19(25)15(2)24-12-10-23(3)11-13-24;3-1(4)2(5)6/h5-9,14-15H,4,10-13H2,1-3H3,(H,22,25);(H,3,4)(H,5,6). The zero-order valence-corrected chi connectivity index (χ0v) is 20.1. The predicted molar refractivity (Wildman–Crippen MR) is 128 cm³/mol. The Balaban J connectivity index is 0.000000604. The van der Waals surface area contributed by atoms with E-state index in [0.717, 1.165) is 37.3 Å². The lowest BCUT2D eigenvalue weighted by Gasteiger charge is -2.35. The zero-order valence-electron chi connectivity index (χ0n) is 19.3. The molecule has 10 nitrogen and oxygen atoms in total. The Morgan fingerprint density at radius 2 is 1.65 bits per heavy atom. The number of likely N-dealkylation sites (N-methyl/N-ethyl adjacent to an activating group) is 1. The van der Waals surface area contributed by atoms with Gasteiger partial charge < -0.3 is 25.2 Å². The first-order chi connectivity index (χ1) is 16.1. The number of carboxylic acid groups (broad SMARTS) is 2. The smallest absolute Gasteiger partial charge is 0.414 e. The Morgan fingerprint density at radius 1 is 1.06 bits per heavy atom. The lowest BCUT2D eigenvalue weighted by atomic mass is 10.0. The summed E-state index contributed by atoms with van der Waals surface area (Å²) in [6, 6.07) is 9.42. The number of hydrogen-bond donors (Lipinski definition) is 3. The van der Waals surface area contributed by atoms with Gasteiger partial charge in [-0.05, 0) is 26.5 Å². The number of esters is 1. The van der Waals surface area contributed by atoms with Crippen molar-refractivity contribution < 1.29 is 34.1 Å². The minimum Gasteiger partial charge on any atom is -0.473 e. The van der Waals surface area contributed by atoms with Crippen LogP contribution in [0.3, 0.4) is 0 Å². The summed E-state index contributed by atoms with van der Waals surface area (Å²) in [6.45, 7) is 7.58. The maximum absolute atomic E-state index is 12.9. The summed E-state index contributed by atoms with van der Waals surface area (Å²) in [7, 11) is 2.09. The molecule has 1 unspecified atom stereocenters. The van der Waals surface area contributed by atoms with Gasteiger partial charge in [-0.3, -0.25) is 9.69 Å². The Kier molecular flexibility index (Phi) is 10.2. The van der Waals surface area contributed by atoms with E-state index >= 15 is 0 Å². The Labute approximate surface area is 201 Å². The average Bonchev–Trinajstić information content (AvgIpc) is 3.23. The number of carbonyl (C=O) groups excluding carboxylic acids is 2. The van der Waals surface area contributed by atoms with E-state index in [1.54, 1.807) is 6.92 Å². The van der Waals surface area contributed by atoms with Gasteiger partial charge in [0.25, 0.3) is 0 Å². The van der Waals surface area contributed by atoms with E-state index in [4.69, 9.17) is 24.5 Å². The molecule has 34 heavy (non-hydrogen) atoms. The van der Waals surface area contributed by atoms with E-state index in [2.05, 4.69) is 22.2 Å². The number of amides is 1. The molecular weight excluding hydrogens is 462 g/mol. The number of carboxylic acids is 2. The van der Waals surface area contributed by atoms with Crippen molar-refractivity contribution in [2.75, 3.05) is 45.2 Å². The van der Waals surface area contributed by atoms with Gasteiger partial charge in [0.1, 0.15) is 10.6 Å². The largest absolute Gasteiger partial charge is 0.473 e. The van der Waals surface area contributed by atoms with Crippen LogP contribution in [0.5, 0.6) is 0 Å². The molecule has 1 aliphatic heterocycles. The highest BCUT2D eigenvalue weighted by atomic mass is 32.1. The molecule has 2 heterocycles. The van der Waals surface area contributed by atoms with Crippen molar-refractivity contribution in [3.63, 3.8) is 0 Å². The normalized spacial score (nSPS) is 14.9. The third kappa shape index (κ3) is 7.37. The van der Waals surface area contributed by atoms with Gasteiger partial charge in [0, 0.05) is 37.1 Å². The molecule has 0 bridgehead atoms. The lowest BCUT2D eigenvalue weighted by molar-refractivity contribution is -0.159. The van der Waals surface area contributed by atoms with Gasteiger partial charge in [-0.25, -0.2) is 14.4 Å². The summed E-state index contributed by atoms with van der Waals surface area (Å²) in [6.07, 6.45) is 0. The highest BCUT2D eigenvalue weighted by Crippen LogP contribution is 2.36. The fourth-order valence-electron chi connectivity index (χ4n) is 3.28. The van der Waals surface area contributed by atoms with Crippen molar-refractivity contribution in [2.24, 2.45) is 0 Å². The Morgan fingerprint density at radius 3 is 2.18 bits per heavy atom. The van der Waals surface area contributed by atoms with Crippen molar-refractivity contribution in [1.29, 1.82) is 0 Å². The Bertz CT molecular complexity index is 989. The van der Waals surface area contributed by atoms with Crippen LogP contribution in [0.2, 0.25) is 0 Å². The van der Waals surface area contributed by atoms with Gasteiger partial charge in [0.2, 0.25) is 5.91 Å². The molecule has 1 fully saturated rings. The molecule has 0 saturated carbocycles. The fraction of sp³-hybridized carbons (Fsp3) is 0.391. The molecule has 1 aliphatic rings. The molecule has 1 saturated heterocycles. The van der Waals surface area contributed by atoms with Crippen LogP contribution in [-0.2, 0) is 19.1 Å². The molecule has 1 aromatic carbocycles. The van der Waals surface area contributed by atoms with Crippen LogP contribution in [-0.4, -0.2) is 89.7 Å². The van der Waals surface area contributed by atoms with Crippen molar-refractivity contribution in [2.45, 2.75) is 19.9 Å². The number of benzene rings is 1. The molecule has 1 amide bonds. The van der Waals surface area contributed by atoms with Crippen molar-refractivity contribution >= 4 is 40.2 Å². The van der Waals surface area contributed by atoms with Gasteiger partial charge in [0.05, 0.1) is 12.6 Å². The predicted octanol–water partition coefficient (Wildman–Crippen LogP) is 2.32. The number of nitrogens with one attached hydrogen (secondary N) is 1. The van der Waals surface area contributed by atoms with E-state index in [1.807, 2.05) is 42.6 Å². The summed E-state index contributed by atoms with van der Waals surface area (Å²) in [5, 5.41) is 20.2. The van der Waals surface area contributed by atoms with Crippen LogP contribution >= 0.6 is 11.3 Å². The minimum absolute atomic E-state index is 0.100. The van der Waals surface area contributed by atoms with E-state index in [9.17, 15) is 9.59 Å². The number of nitrogens with zero attached hydrogens (tertiary/aromatic N) is 2. The molecule has 11 heteroatoms. The molecule has 3 rings (SSSR count). The third-order valence-corrected chi connectivity index (χ3v) is 6.14. The van der Waals surface area contributed by atoms with Gasteiger partial charge in [-0.1, -0.05) is 30.3 Å². The van der Waals surface area contributed by atoms with Crippen LogP contribution in [0, 0.1) is 0 Å². The minimum atomic E-state index is -1.82. The number of anilines is 1. The third-order valence-electron chi connectivity index (χ3n) is 5.24. The van der Waals surface area contributed by atoms with Crippen LogP contribution < -0.4 is 5.32 Å². The molecular formula is C23H29N3O7S. The lowest BCUT2D eigenvalue weighted by Crippen LogP contribution is -2.51. The molecule has 3 N–H and O–H groups in total. The molecule has 2 aromatic rings. The first-order valence-electron chi connectivity index (χ1n) is 10.7. The second-order valence-corrected chi connectivity index (χ2v) is 8.43. The molecule has 184 valence electrons. The van der Waals surface area contributed by atoms with Crippen LogP contribution in [0.25, 0.3) is 11.1 Å². The van der Waals surface area contributed by atoms with E-state index < -0.39 is 17.9 Å². The fourth-order valence-corrected chi connectivity index (χ4v) is 4.24. The summed E-state index contributed by atoms with van der Waals surface area (Å²) >= 11 is 1.36. The molecule has 1 atom stereocenters. The van der Waals surface area contributed by atoms with Crippen LogP contribution in [0.4, 0.5) is 5.00 Å². The van der Waals surface area contributed by atoms with Gasteiger partial charge in [-0.15, -0.1) is 11.3 Å². The van der Waals surface area contributed by atoms with Gasteiger partial charge in [-0.2, -0.15) is 0 Å². The first kappa shape index (κ1) is 27.0. The summed E-state index contributed by atoms with van der Waals surface area (Å²) in [5.41, 5.74) is 2.14. The Hall–Kier alpha value is -3.28. The molecule has 0 spiro atoms. The molecule has 0 radical (unpaired) electrons. The highest BCUT2D eigenvalue weighted by Gasteiger charge is 2.27. The maximum Gasteiger partial charge on any atom is 0.414 e. The van der Waals surface area contributed by atoms with Crippen molar-refractivity contribution in [3.8, 4) is 11.1 Å². The van der Waals surface area contributed by atoms with Crippen molar-refractivity contribution in [3.05, 3.63) is 41.3 Å². The molecule has 0 aliphatic carbocycles. The van der Waals surface area contributed by atoms with Crippen LogP contribution in [0.15, 0.2) is 35.7 Å². The number of hydrogen-bond acceptors (Lipinski definition) is 8. The second-order valence-electron chi connectivity index (χ2n) is 7.55. The van der Waals surface area contributed by atoms with E-state index in [-0.39, 0.29) is 18.6 Å². The van der Waals surface area contributed by atoms with Gasteiger partial charge >= 0.3 is 17.9 Å². The second kappa shape index (κ2) is 12.8. The summed E-state index contributed by atoms with van der Waals surface area (Å²) in [5.74, 6) is -4.16. The molecule has 1 aromatic heterocycles. The number of thiophene rings is 1. The number of aliphatic carboxylic acids is 2. The quantitative estimate of drug-likeness (QED) is 0.411. The number of ether oxygens (including phenoxy) is 1. The van der Waals surface area contributed by atoms with E-state index in [1.165, 1.54) is 11.3 Å². The first-order valence-corrected chi connectivity index (χ1v) is 11.6. The number of carbonyl (C=O) groups is 4. The maximum atomic E-state index is 12.9. The number of rotatable bonds is 6. The van der Waals surface area contributed by atoms with Gasteiger partial charge in [0.15, 0.2) is 0 Å². The van der Waals surface area contributed by atoms with Crippen molar-refractivity contribution in [1.82, 2.24) is 9.80 Å². The summed E-state index contributed by atoms with van der Waals surface area (Å²) in [4.78, 5) is 48.1. The topological polar surface area (TPSA) is 136 Å². The van der Waals surface area contributed by atoms with Crippen LogP contribution in [0.1, 0.15) is 24.2 Å². The number of piperazine rings is 1. The summed E-state index contributed by atoms with van der Waals surface area (Å²) < 4.78 is 5.26. The zero-order chi connectivity index (χ0) is 25.3. The monoisotopic (exact) mass is 491 g/mol. The average molecular weight is 492 g/mol. The SMILES string of the molecule is CCOC(=O)c1c(-c2ccccc2)csc1NC(=O)C(C)N1CCN(C)CC1.O=C(O)C(=O)O.